The number of alkyl halides is 1. The first-order valence-electron chi connectivity index (χ1n) is 5.05. The molecule has 0 bridgehead atoms. The van der Waals surface area contributed by atoms with Crippen molar-refractivity contribution in [2.45, 2.75) is 19.3 Å². The molecule has 1 heterocycles. The highest BCUT2D eigenvalue weighted by atomic mass is 79.9. The van der Waals surface area contributed by atoms with Gasteiger partial charge in [-0.3, -0.25) is 4.98 Å². The Hall–Kier alpha value is -0.890. The molecule has 2 aromatic rings. The van der Waals surface area contributed by atoms with Crippen LogP contribution in [0, 0.1) is 0 Å². The predicted octanol–water partition coefficient (Wildman–Crippen LogP) is 3.91. The Morgan fingerprint density at radius 3 is 2.67 bits per heavy atom. The summed E-state index contributed by atoms with van der Waals surface area (Å²) >= 11 is 3.57. The second kappa shape index (κ2) is 3.93. The van der Waals surface area contributed by atoms with Gasteiger partial charge in [-0.25, -0.2) is 0 Å². The van der Waals surface area contributed by atoms with Crippen LogP contribution >= 0.6 is 15.9 Å². The summed E-state index contributed by atoms with van der Waals surface area (Å²) in [5, 5.41) is 2.21. The summed E-state index contributed by atoms with van der Waals surface area (Å²) in [5.74, 6) is 0. The molecule has 0 saturated heterocycles. The number of rotatable bonds is 2. The van der Waals surface area contributed by atoms with E-state index in [9.17, 15) is 0 Å². The molecule has 0 aliphatic carbocycles. The van der Waals surface area contributed by atoms with Gasteiger partial charge in [0, 0.05) is 22.3 Å². The van der Waals surface area contributed by atoms with Crippen molar-refractivity contribution in [3.05, 3.63) is 42.1 Å². The Morgan fingerprint density at radius 2 is 1.93 bits per heavy atom. The number of nitrogens with zero attached hydrogens (tertiary/aromatic N) is 1. The van der Waals surface area contributed by atoms with Gasteiger partial charge < -0.3 is 0 Å². The van der Waals surface area contributed by atoms with E-state index in [0.29, 0.717) is 0 Å². The van der Waals surface area contributed by atoms with Gasteiger partial charge in [0.1, 0.15) is 0 Å². The molecule has 0 radical (unpaired) electrons. The highest BCUT2D eigenvalue weighted by molar-refractivity contribution is 9.09. The monoisotopic (exact) mass is 263 g/mol. The molecule has 0 unspecified atom stereocenters. The normalized spacial score (nSPS) is 11.9. The summed E-state index contributed by atoms with van der Waals surface area (Å²) in [5.41, 5.74) is 2.57. The zero-order valence-electron chi connectivity index (χ0n) is 9.00. The smallest absolute Gasteiger partial charge is 0.0704 e. The summed E-state index contributed by atoms with van der Waals surface area (Å²) < 4.78 is 0. The number of halogens is 1. The van der Waals surface area contributed by atoms with E-state index in [0.717, 1.165) is 10.8 Å². The zero-order valence-corrected chi connectivity index (χ0v) is 10.6. The van der Waals surface area contributed by atoms with E-state index in [2.05, 4.69) is 59.0 Å². The Morgan fingerprint density at radius 1 is 1.20 bits per heavy atom. The molecule has 78 valence electrons. The SMILES string of the molecule is CC(C)(CBr)c1ccnc2ccccc12. The third-order valence-corrected chi connectivity index (χ3v) is 4.11. The average molecular weight is 264 g/mol. The van der Waals surface area contributed by atoms with Crippen LogP contribution in [-0.4, -0.2) is 10.3 Å². The minimum atomic E-state index is 0.141. The summed E-state index contributed by atoms with van der Waals surface area (Å²) in [7, 11) is 0. The lowest BCUT2D eigenvalue weighted by Crippen LogP contribution is -2.19. The van der Waals surface area contributed by atoms with E-state index in [-0.39, 0.29) is 5.41 Å². The maximum absolute atomic E-state index is 4.37. The van der Waals surface area contributed by atoms with E-state index < -0.39 is 0 Å². The van der Waals surface area contributed by atoms with Crippen molar-refractivity contribution in [2.24, 2.45) is 0 Å². The molecule has 0 N–H and O–H groups in total. The quantitative estimate of drug-likeness (QED) is 0.749. The first kappa shape index (κ1) is 10.6. The molecule has 1 nitrogen and oxygen atoms in total. The topological polar surface area (TPSA) is 12.9 Å². The van der Waals surface area contributed by atoms with Crippen molar-refractivity contribution >= 4 is 26.8 Å². The van der Waals surface area contributed by atoms with Crippen LogP contribution < -0.4 is 0 Å². The summed E-state index contributed by atoms with van der Waals surface area (Å²) in [4.78, 5) is 4.37. The van der Waals surface area contributed by atoms with Crippen LogP contribution in [0.15, 0.2) is 36.5 Å². The van der Waals surface area contributed by atoms with Crippen molar-refractivity contribution in [2.75, 3.05) is 5.33 Å². The van der Waals surface area contributed by atoms with Gasteiger partial charge in [-0.05, 0) is 17.7 Å². The van der Waals surface area contributed by atoms with Crippen LogP contribution in [0.1, 0.15) is 19.4 Å². The largest absolute Gasteiger partial charge is 0.256 e. The molecule has 1 aromatic carbocycles. The molecular formula is C13H14BrN. The Kier molecular flexibility index (Phi) is 2.79. The van der Waals surface area contributed by atoms with Crippen LogP contribution in [0.2, 0.25) is 0 Å². The molecule has 2 rings (SSSR count). The second-order valence-electron chi connectivity index (χ2n) is 4.39. The lowest BCUT2D eigenvalue weighted by molar-refractivity contribution is 0.612. The van der Waals surface area contributed by atoms with Crippen molar-refractivity contribution in [3.8, 4) is 0 Å². The predicted molar refractivity (Wildman–Crippen MR) is 68.6 cm³/mol. The summed E-state index contributed by atoms with van der Waals surface area (Å²) in [6, 6.07) is 10.4. The fraction of sp³-hybridized carbons (Fsp3) is 0.308. The highest BCUT2D eigenvalue weighted by Crippen LogP contribution is 2.30. The van der Waals surface area contributed by atoms with E-state index >= 15 is 0 Å². The Bertz CT molecular complexity index is 471. The number of hydrogen-bond donors (Lipinski definition) is 0. The standard InChI is InChI=1S/C13H14BrN/c1-13(2,9-14)11-7-8-15-12-6-4-3-5-10(11)12/h3-8H,9H2,1-2H3. The minimum Gasteiger partial charge on any atom is -0.256 e. The Balaban J connectivity index is 2.71. The minimum absolute atomic E-state index is 0.141. The van der Waals surface area contributed by atoms with Gasteiger partial charge in [0.2, 0.25) is 0 Å². The van der Waals surface area contributed by atoms with Crippen LogP contribution in [0.5, 0.6) is 0 Å². The van der Waals surface area contributed by atoms with Gasteiger partial charge in [-0.1, -0.05) is 48.0 Å². The van der Waals surface area contributed by atoms with Gasteiger partial charge >= 0.3 is 0 Å². The fourth-order valence-electron chi connectivity index (χ4n) is 1.76. The number of fused-ring (bicyclic) bond motifs is 1. The first-order chi connectivity index (χ1) is 7.15. The molecule has 0 aliphatic heterocycles. The van der Waals surface area contributed by atoms with Gasteiger partial charge in [-0.15, -0.1) is 0 Å². The molecule has 2 heteroatoms. The van der Waals surface area contributed by atoms with Crippen molar-refractivity contribution in [3.63, 3.8) is 0 Å². The second-order valence-corrected chi connectivity index (χ2v) is 4.95. The molecule has 0 fully saturated rings. The molecule has 15 heavy (non-hydrogen) atoms. The van der Waals surface area contributed by atoms with E-state index in [1.807, 2.05) is 12.3 Å². The number of para-hydroxylation sites is 1. The third-order valence-electron chi connectivity index (χ3n) is 2.71. The third kappa shape index (κ3) is 1.91. The van der Waals surface area contributed by atoms with Gasteiger partial charge in [0.15, 0.2) is 0 Å². The first-order valence-corrected chi connectivity index (χ1v) is 6.17. The lowest BCUT2D eigenvalue weighted by atomic mass is 9.85. The van der Waals surface area contributed by atoms with Crippen LogP contribution in [0.3, 0.4) is 0 Å². The number of pyridine rings is 1. The molecular weight excluding hydrogens is 250 g/mol. The molecule has 0 saturated carbocycles. The van der Waals surface area contributed by atoms with Crippen molar-refractivity contribution in [1.29, 1.82) is 0 Å². The van der Waals surface area contributed by atoms with Crippen LogP contribution in [-0.2, 0) is 5.41 Å². The number of hydrogen-bond acceptors (Lipinski definition) is 1. The maximum Gasteiger partial charge on any atom is 0.0704 e. The summed E-state index contributed by atoms with van der Waals surface area (Å²) in [6.07, 6.45) is 1.89. The highest BCUT2D eigenvalue weighted by Gasteiger charge is 2.21. The number of aromatic nitrogens is 1. The van der Waals surface area contributed by atoms with E-state index in [1.165, 1.54) is 10.9 Å². The molecule has 0 atom stereocenters. The van der Waals surface area contributed by atoms with Crippen LogP contribution in [0.25, 0.3) is 10.9 Å². The summed E-state index contributed by atoms with van der Waals surface area (Å²) in [6.45, 7) is 4.48. The van der Waals surface area contributed by atoms with Crippen molar-refractivity contribution in [1.82, 2.24) is 4.98 Å². The maximum atomic E-state index is 4.37. The van der Waals surface area contributed by atoms with Gasteiger partial charge in [0.25, 0.3) is 0 Å². The number of benzene rings is 1. The average Bonchev–Trinajstić information content (AvgIpc) is 2.28. The molecule has 1 aromatic heterocycles. The molecule has 0 amide bonds. The van der Waals surface area contributed by atoms with E-state index in [4.69, 9.17) is 0 Å². The van der Waals surface area contributed by atoms with Gasteiger partial charge in [-0.2, -0.15) is 0 Å². The molecule has 0 aliphatic rings. The van der Waals surface area contributed by atoms with Gasteiger partial charge in [0.05, 0.1) is 5.52 Å². The van der Waals surface area contributed by atoms with Crippen LogP contribution in [0.4, 0.5) is 0 Å². The lowest BCUT2D eigenvalue weighted by Gasteiger charge is -2.23. The van der Waals surface area contributed by atoms with Crippen molar-refractivity contribution < 1.29 is 0 Å². The van der Waals surface area contributed by atoms with E-state index in [1.54, 1.807) is 0 Å². The fourth-order valence-corrected chi connectivity index (χ4v) is 2.06. The zero-order chi connectivity index (χ0) is 10.9. The molecule has 0 spiro atoms. The Labute approximate surface area is 98.7 Å².